The van der Waals surface area contributed by atoms with E-state index in [1.807, 2.05) is 50.2 Å². The maximum absolute atomic E-state index is 13.1. The van der Waals surface area contributed by atoms with Crippen LogP contribution in [0.3, 0.4) is 0 Å². The number of carbonyl (C=O) groups is 2. The lowest BCUT2D eigenvalue weighted by Crippen LogP contribution is -2.43. The summed E-state index contributed by atoms with van der Waals surface area (Å²) in [5.41, 5.74) is 3.37. The number of halogens is 1. The molecule has 0 saturated heterocycles. The van der Waals surface area contributed by atoms with Crippen LogP contribution in [0.15, 0.2) is 84.0 Å². The van der Waals surface area contributed by atoms with E-state index >= 15 is 0 Å². The van der Waals surface area contributed by atoms with Crippen molar-refractivity contribution < 1.29 is 24.2 Å². The van der Waals surface area contributed by atoms with E-state index in [1.165, 1.54) is 37.7 Å². The van der Waals surface area contributed by atoms with E-state index in [4.69, 9.17) is 9.47 Å². The van der Waals surface area contributed by atoms with Gasteiger partial charge in [-0.3, -0.25) is 0 Å². The molecule has 3 aliphatic carbocycles. The lowest BCUT2D eigenvalue weighted by Gasteiger charge is -2.44. The molecule has 2 aromatic rings. The largest absolute Gasteiger partial charge is 0.457 e. The van der Waals surface area contributed by atoms with Crippen LogP contribution in [0.5, 0.6) is 0 Å². The first-order chi connectivity index (χ1) is 21.9. The van der Waals surface area contributed by atoms with Gasteiger partial charge in [0.05, 0.1) is 21.6 Å². The van der Waals surface area contributed by atoms with Crippen molar-refractivity contribution in [2.24, 2.45) is 23.2 Å². The molecule has 0 spiro atoms. The van der Waals surface area contributed by atoms with Gasteiger partial charge in [0.25, 0.3) is 0 Å². The highest BCUT2D eigenvalue weighted by molar-refractivity contribution is 9.09. The van der Waals surface area contributed by atoms with Gasteiger partial charge in [0.2, 0.25) is 0 Å². The number of aliphatic hydroxyl groups is 1. The molecule has 2 aromatic carbocycles. The highest BCUT2D eigenvalue weighted by atomic mass is 79.9. The van der Waals surface area contributed by atoms with Gasteiger partial charge >= 0.3 is 11.9 Å². The van der Waals surface area contributed by atoms with Gasteiger partial charge < -0.3 is 14.6 Å². The van der Waals surface area contributed by atoms with Gasteiger partial charge in [0.1, 0.15) is 12.2 Å². The van der Waals surface area contributed by atoms with Crippen molar-refractivity contribution in [1.82, 2.24) is 0 Å². The van der Waals surface area contributed by atoms with Crippen LogP contribution in [0.1, 0.15) is 113 Å². The Balaban J connectivity index is 1.33. The van der Waals surface area contributed by atoms with Crippen molar-refractivity contribution in [3.63, 3.8) is 0 Å². The van der Waals surface area contributed by atoms with Crippen LogP contribution in [0.2, 0.25) is 0 Å². The van der Waals surface area contributed by atoms with Crippen LogP contribution in [-0.4, -0.2) is 39.7 Å². The second kappa shape index (κ2) is 15.0. The molecule has 3 saturated carbocycles. The zero-order valence-electron chi connectivity index (χ0n) is 27.9. The van der Waals surface area contributed by atoms with Crippen LogP contribution < -0.4 is 0 Å². The standard InChI is InChI=1S/C40H51BrO5/c1-27(13-11-23-39(2,3)44)32-21-22-33-29(18-12-24-40(32,33)4)20-19-28-25-34(45-37(42)30-14-7-5-8-15-30)36(41)35(26-28)46-38(43)31-16-9-6-10-17-31/h5-10,14-17,19-20,27,32-36,44H,11-13,18,21-26H2,1-4H3/b28-19?,29-20+/t27-,32-,33+,34-,35-,36?,40-/m1/s1. The fourth-order valence-corrected chi connectivity index (χ4v) is 9.06. The Hall–Kier alpha value is -2.70. The second-order valence-electron chi connectivity index (χ2n) is 14.8. The van der Waals surface area contributed by atoms with E-state index in [0.29, 0.717) is 47.1 Å². The highest BCUT2D eigenvalue weighted by Gasteiger charge is 2.50. The van der Waals surface area contributed by atoms with Crippen molar-refractivity contribution in [1.29, 1.82) is 0 Å². The molecule has 3 fully saturated rings. The fraction of sp³-hybridized carbons (Fsp3) is 0.550. The summed E-state index contributed by atoms with van der Waals surface area (Å²) >= 11 is 3.76. The summed E-state index contributed by atoms with van der Waals surface area (Å²) in [6, 6.07) is 18.1. The Morgan fingerprint density at radius 2 is 1.52 bits per heavy atom. The number of fused-ring (bicyclic) bond motifs is 1. The summed E-state index contributed by atoms with van der Waals surface area (Å²) in [6.45, 7) is 8.77. The third-order valence-electron chi connectivity index (χ3n) is 10.9. The first-order valence-corrected chi connectivity index (χ1v) is 18.1. The number of hydrogen-bond acceptors (Lipinski definition) is 5. The smallest absolute Gasteiger partial charge is 0.338 e. The zero-order valence-corrected chi connectivity index (χ0v) is 29.5. The average Bonchev–Trinajstić information content (AvgIpc) is 3.39. The molecular formula is C40H51BrO5. The molecule has 3 aliphatic rings. The van der Waals surface area contributed by atoms with Crippen LogP contribution in [0.25, 0.3) is 0 Å². The first-order valence-electron chi connectivity index (χ1n) is 17.2. The van der Waals surface area contributed by atoms with Gasteiger partial charge in [-0.15, -0.1) is 0 Å². The summed E-state index contributed by atoms with van der Waals surface area (Å²) in [4.78, 5) is 25.8. The summed E-state index contributed by atoms with van der Waals surface area (Å²) in [5, 5.41) is 10.2. The molecule has 0 radical (unpaired) electrons. The molecule has 6 heteroatoms. The van der Waals surface area contributed by atoms with Gasteiger partial charge in [-0.1, -0.05) is 102 Å². The van der Waals surface area contributed by atoms with Crippen molar-refractivity contribution in [3.05, 3.63) is 95.1 Å². The zero-order chi connectivity index (χ0) is 32.9. The molecule has 5 rings (SSSR count). The average molecular weight is 692 g/mol. The van der Waals surface area contributed by atoms with Crippen molar-refractivity contribution >= 4 is 27.9 Å². The normalized spacial score (nSPS) is 29.6. The Morgan fingerprint density at radius 1 is 0.957 bits per heavy atom. The number of rotatable bonds is 10. The molecule has 0 bridgehead atoms. The summed E-state index contributed by atoms with van der Waals surface area (Å²) in [6.07, 6.45) is 14.0. The quantitative estimate of drug-likeness (QED) is 0.199. The minimum atomic E-state index is -0.595. The third-order valence-corrected chi connectivity index (χ3v) is 12.1. The lowest BCUT2D eigenvalue weighted by molar-refractivity contribution is -0.00361. The summed E-state index contributed by atoms with van der Waals surface area (Å²) < 4.78 is 12.1. The molecule has 0 unspecified atom stereocenters. The molecule has 0 aliphatic heterocycles. The molecular weight excluding hydrogens is 640 g/mol. The summed E-state index contributed by atoms with van der Waals surface area (Å²) in [5.74, 6) is 1.16. The van der Waals surface area contributed by atoms with Crippen LogP contribution in [0.4, 0.5) is 0 Å². The van der Waals surface area contributed by atoms with Crippen LogP contribution >= 0.6 is 15.9 Å². The SMILES string of the molecule is C[C@H](CCCC(C)(C)O)[C@H]1CC[C@H]2/C(=C/C=C3C[C@@H](OC(=O)c4ccccc4)C(Br)[C@H](OC(=O)c4ccccc4)C3)CCC[C@]12C. The number of esters is 2. The molecule has 0 heterocycles. The van der Waals surface area contributed by atoms with Gasteiger partial charge in [0, 0.05) is 12.8 Å². The van der Waals surface area contributed by atoms with Crippen molar-refractivity contribution in [3.8, 4) is 0 Å². The number of allylic oxidation sites excluding steroid dienone is 3. The Labute approximate surface area is 284 Å². The topological polar surface area (TPSA) is 72.8 Å². The molecule has 0 aromatic heterocycles. The minimum absolute atomic E-state index is 0.297. The maximum atomic E-state index is 13.1. The number of benzene rings is 2. The second-order valence-corrected chi connectivity index (χ2v) is 15.9. The van der Waals surface area contributed by atoms with Crippen molar-refractivity contribution in [2.75, 3.05) is 0 Å². The van der Waals surface area contributed by atoms with E-state index in [1.54, 1.807) is 24.3 Å². The first kappa shape index (κ1) is 34.6. The Bertz CT molecular complexity index is 1330. The highest BCUT2D eigenvalue weighted by Crippen LogP contribution is 2.60. The Kier molecular flexibility index (Phi) is 11.3. The molecule has 0 amide bonds. The molecule has 248 valence electrons. The summed E-state index contributed by atoms with van der Waals surface area (Å²) in [7, 11) is 0. The predicted molar refractivity (Wildman–Crippen MR) is 187 cm³/mol. The lowest BCUT2D eigenvalue weighted by atomic mass is 9.60. The maximum Gasteiger partial charge on any atom is 0.338 e. The molecule has 6 atom stereocenters. The molecule has 5 nitrogen and oxygen atoms in total. The molecule has 46 heavy (non-hydrogen) atoms. The van der Waals surface area contributed by atoms with E-state index in [9.17, 15) is 14.7 Å². The van der Waals surface area contributed by atoms with E-state index in [-0.39, 0.29) is 16.8 Å². The number of alkyl halides is 1. The van der Waals surface area contributed by atoms with Crippen molar-refractivity contribution in [2.45, 2.75) is 115 Å². The number of hydrogen-bond donors (Lipinski definition) is 1. The van der Waals surface area contributed by atoms with E-state index in [2.05, 4.69) is 41.9 Å². The number of ether oxygens (including phenoxy) is 2. The fourth-order valence-electron chi connectivity index (χ4n) is 8.47. The number of carbonyl (C=O) groups excluding carboxylic acids is 2. The van der Waals surface area contributed by atoms with E-state index < -0.39 is 17.8 Å². The molecule has 1 N–H and O–H groups in total. The minimum Gasteiger partial charge on any atom is -0.457 e. The van der Waals surface area contributed by atoms with Gasteiger partial charge in [-0.05, 0) is 99.8 Å². The van der Waals surface area contributed by atoms with Gasteiger partial charge in [0.15, 0.2) is 0 Å². The predicted octanol–water partition coefficient (Wildman–Crippen LogP) is 9.64. The monoisotopic (exact) mass is 690 g/mol. The van der Waals surface area contributed by atoms with Gasteiger partial charge in [-0.2, -0.15) is 0 Å². The van der Waals surface area contributed by atoms with Crippen LogP contribution in [-0.2, 0) is 9.47 Å². The third kappa shape index (κ3) is 8.41. The van der Waals surface area contributed by atoms with Gasteiger partial charge in [-0.25, -0.2) is 9.59 Å². The van der Waals surface area contributed by atoms with E-state index in [0.717, 1.165) is 24.8 Å². The van der Waals surface area contributed by atoms with Crippen LogP contribution in [0, 0.1) is 23.2 Å². The Morgan fingerprint density at radius 3 is 2.07 bits per heavy atom.